The van der Waals surface area contributed by atoms with Crippen molar-refractivity contribution in [2.75, 3.05) is 33.2 Å². The van der Waals surface area contributed by atoms with E-state index in [9.17, 15) is 9.59 Å². The zero-order chi connectivity index (χ0) is 10.8. The number of hydrogen-bond acceptors (Lipinski definition) is 4. The topological polar surface area (TPSA) is 52.7 Å². The van der Waals surface area contributed by atoms with Crippen LogP contribution in [0.1, 0.15) is 12.8 Å². The van der Waals surface area contributed by atoms with Gasteiger partial charge in [0.1, 0.15) is 0 Å². The van der Waals surface area contributed by atoms with Crippen LogP contribution in [0.15, 0.2) is 0 Å². The van der Waals surface area contributed by atoms with E-state index in [2.05, 4.69) is 5.32 Å². The molecule has 0 atom stereocenters. The standard InChI is InChI=1S/C10H17N3O2/c1-12-6-9(14)13(10(15)7-12)8-2-4-11-5-3-8/h8,11H,2-7H2,1H3. The van der Waals surface area contributed by atoms with Gasteiger partial charge in [-0.2, -0.15) is 0 Å². The number of rotatable bonds is 1. The lowest BCUT2D eigenvalue weighted by Crippen LogP contribution is -2.58. The number of amides is 2. The van der Waals surface area contributed by atoms with Crippen molar-refractivity contribution in [1.82, 2.24) is 15.1 Å². The Morgan fingerprint density at radius 1 is 1.13 bits per heavy atom. The van der Waals surface area contributed by atoms with E-state index in [0.29, 0.717) is 13.1 Å². The molecule has 2 heterocycles. The summed E-state index contributed by atoms with van der Waals surface area (Å²) in [5, 5.41) is 3.23. The van der Waals surface area contributed by atoms with Gasteiger partial charge in [0.2, 0.25) is 11.8 Å². The van der Waals surface area contributed by atoms with Crippen LogP contribution in [-0.2, 0) is 9.59 Å². The Labute approximate surface area is 89.4 Å². The summed E-state index contributed by atoms with van der Waals surface area (Å²) in [6.07, 6.45) is 1.78. The molecule has 0 bridgehead atoms. The van der Waals surface area contributed by atoms with E-state index >= 15 is 0 Å². The number of nitrogens with zero attached hydrogens (tertiary/aromatic N) is 2. The molecule has 0 radical (unpaired) electrons. The molecule has 1 N–H and O–H groups in total. The zero-order valence-corrected chi connectivity index (χ0v) is 9.03. The molecule has 2 amide bonds. The number of piperazine rings is 1. The van der Waals surface area contributed by atoms with Crippen molar-refractivity contribution in [3.8, 4) is 0 Å². The number of imide groups is 1. The van der Waals surface area contributed by atoms with Gasteiger partial charge in [0.05, 0.1) is 13.1 Å². The van der Waals surface area contributed by atoms with Crippen LogP contribution in [0.2, 0.25) is 0 Å². The summed E-state index contributed by atoms with van der Waals surface area (Å²) in [6.45, 7) is 2.54. The van der Waals surface area contributed by atoms with E-state index in [1.807, 2.05) is 0 Å². The van der Waals surface area contributed by atoms with Crippen molar-refractivity contribution in [1.29, 1.82) is 0 Å². The molecule has 0 unspecified atom stereocenters. The molecular formula is C10H17N3O2. The lowest BCUT2D eigenvalue weighted by Gasteiger charge is -2.37. The second-order valence-electron chi connectivity index (χ2n) is 4.31. The Kier molecular flexibility index (Phi) is 3.02. The first-order valence-corrected chi connectivity index (χ1v) is 5.42. The maximum Gasteiger partial charge on any atom is 0.243 e. The van der Waals surface area contributed by atoms with Gasteiger partial charge in [0.25, 0.3) is 0 Å². The summed E-state index contributed by atoms with van der Waals surface area (Å²) < 4.78 is 0. The number of likely N-dealkylation sites (N-methyl/N-ethyl adjacent to an activating group) is 1. The van der Waals surface area contributed by atoms with Gasteiger partial charge in [-0.15, -0.1) is 0 Å². The first-order chi connectivity index (χ1) is 7.18. The average Bonchev–Trinajstić information content (AvgIpc) is 2.17. The fraction of sp³-hybridized carbons (Fsp3) is 0.800. The van der Waals surface area contributed by atoms with Crippen LogP contribution in [0.5, 0.6) is 0 Å². The van der Waals surface area contributed by atoms with Crippen LogP contribution in [0, 0.1) is 0 Å². The van der Waals surface area contributed by atoms with E-state index in [4.69, 9.17) is 0 Å². The van der Waals surface area contributed by atoms with E-state index in [0.717, 1.165) is 25.9 Å². The van der Waals surface area contributed by atoms with Gasteiger partial charge < -0.3 is 5.32 Å². The molecule has 84 valence electrons. The summed E-state index contributed by atoms with van der Waals surface area (Å²) in [6, 6.07) is 0.125. The fourth-order valence-corrected chi connectivity index (χ4v) is 2.28. The Balaban J connectivity index is 2.05. The Bertz CT molecular complexity index is 256. The largest absolute Gasteiger partial charge is 0.317 e. The molecule has 0 aliphatic carbocycles. The number of carbonyl (C=O) groups is 2. The molecular weight excluding hydrogens is 194 g/mol. The van der Waals surface area contributed by atoms with Gasteiger partial charge in [0.15, 0.2) is 0 Å². The van der Waals surface area contributed by atoms with Crippen molar-refractivity contribution < 1.29 is 9.59 Å². The third kappa shape index (κ3) is 2.18. The highest BCUT2D eigenvalue weighted by Crippen LogP contribution is 2.15. The smallest absolute Gasteiger partial charge is 0.243 e. The molecule has 0 aromatic rings. The quantitative estimate of drug-likeness (QED) is 0.568. The Morgan fingerprint density at radius 2 is 1.67 bits per heavy atom. The van der Waals surface area contributed by atoms with Crippen LogP contribution in [0.25, 0.3) is 0 Å². The van der Waals surface area contributed by atoms with Gasteiger partial charge in [-0.05, 0) is 33.0 Å². The van der Waals surface area contributed by atoms with Gasteiger partial charge >= 0.3 is 0 Å². The van der Waals surface area contributed by atoms with Crippen molar-refractivity contribution in [3.05, 3.63) is 0 Å². The first-order valence-electron chi connectivity index (χ1n) is 5.42. The maximum atomic E-state index is 11.8. The van der Waals surface area contributed by atoms with Gasteiger partial charge in [0, 0.05) is 6.04 Å². The second kappa shape index (κ2) is 4.28. The van der Waals surface area contributed by atoms with Crippen LogP contribution in [0.4, 0.5) is 0 Å². The van der Waals surface area contributed by atoms with Crippen molar-refractivity contribution >= 4 is 11.8 Å². The lowest BCUT2D eigenvalue weighted by atomic mass is 10.0. The minimum atomic E-state index is -0.0411. The Morgan fingerprint density at radius 3 is 2.20 bits per heavy atom. The monoisotopic (exact) mass is 211 g/mol. The molecule has 0 spiro atoms. The predicted molar refractivity (Wildman–Crippen MR) is 55.2 cm³/mol. The van der Waals surface area contributed by atoms with E-state index in [-0.39, 0.29) is 17.9 Å². The minimum Gasteiger partial charge on any atom is -0.317 e. The van der Waals surface area contributed by atoms with Gasteiger partial charge in [-0.3, -0.25) is 19.4 Å². The molecule has 0 aromatic heterocycles. The van der Waals surface area contributed by atoms with Gasteiger partial charge in [-0.1, -0.05) is 0 Å². The van der Waals surface area contributed by atoms with Crippen LogP contribution >= 0.6 is 0 Å². The normalized spacial score (nSPS) is 26.1. The summed E-state index contributed by atoms with van der Waals surface area (Å²) in [7, 11) is 1.80. The molecule has 2 saturated heterocycles. The molecule has 2 fully saturated rings. The summed E-state index contributed by atoms with van der Waals surface area (Å²) >= 11 is 0. The number of piperidine rings is 1. The fourth-order valence-electron chi connectivity index (χ4n) is 2.28. The molecule has 0 saturated carbocycles. The number of nitrogens with one attached hydrogen (secondary N) is 1. The third-order valence-electron chi connectivity index (χ3n) is 3.02. The maximum absolute atomic E-state index is 11.8. The minimum absolute atomic E-state index is 0.0411. The summed E-state index contributed by atoms with van der Waals surface area (Å²) in [5.41, 5.74) is 0. The molecule has 2 aliphatic heterocycles. The second-order valence-corrected chi connectivity index (χ2v) is 4.31. The lowest BCUT2D eigenvalue weighted by molar-refractivity contribution is -0.154. The molecule has 5 nitrogen and oxygen atoms in total. The van der Waals surface area contributed by atoms with E-state index in [1.54, 1.807) is 11.9 Å². The molecule has 15 heavy (non-hydrogen) atoms. The summed E-state index contributed by atoms with van der Waals surface area (Å²) in [4.78, 5) is 26.8. The molecule has 5 heteroatoms. The average molecular weight is 211 g/mol. The SMILES string of the molecule is CN1CC(=O)N(C2CCNCC2)C(=O)C1. The van der Waals surface area contributed by atoms with Crippen LogP contribution in [0.3, 0.4) is 0 Å². The highest BCUT2D eigenvalue weighted by Gasteiger charge is 2.34. The van der Waals surface area contributed by atoms with Crippen molar-refractivity contribution in [2.45, 2.75) is 18.9 Å². The molecule has 0 aromatic carbocycles. The molecule has 2 aliphatic rings. The van der Waals surface area contributed by atoms with E-state index in [1.165, 1.54) is 4.90 Å². The van der Waals surface area contributed by atoms with E-state index < -0.39 is 0 Å². The Hall–Kier alpha value is -0.940. The van der Waals surface area contributed by atoms with Crippen LogP contribution in [-0.4, -0.2) is 60.9 Å². The van der Waals surface area contributed by atoms with Gasteiger partial charge in [-0.25, -0.2) is 0 Å². The van der Waals surface area contributed by atoms with Crippen molar-refractivity contribution in [3.63, 3.8) is 0 Å². The predicted octanol–water partition coefficient (Wildman–Crippen LogP) is -0.961. The summed E-state index contributed by atoms with van der Waals surface area (Å²) in [5.74, 6) is -0.0821. The number of carbonyl (C=O) groups excluding carboxylic acids is 2. The highest BCUT2D eigenvalue weighted by atomic mass is 16.2. The number of hydrogen-bond donors (Lipinski definition) is 1. The van der Waals surface area contributed by atoms with Crippen molar-refractivity contribution in [2.24, 2.45) is 0 Å². The molecule has 2 rings (SSSR count). The highest BCUT2D eigenvalue weighted by molar-refractivity contribution is 5.99. The third-order valence-corrected chi connectivity index (χ3v) is 3.02. The van der Waals surface area contributed by atoms with Crippen LogP contribution < -0.4 is 5.32 Å². The zero-order valence-electron chi connectivity index (χ0n) is 9.03. The first kappa shape index (κ1) is 10.6.